The molecular formula is C56H84N8O13S. The Balaban J connectivity index is 1.06. The van der Waals surface area contributed by atoms with E-state index in [2.05, 4.69) is 49.9 Å². The summed E-state index contributed by atoms with van der Waals surface area (Å²) in [5.74, 6) is -4.02. The van der Waals surface area contributed by atoms with Crippen LogP contribution < -0.4 is 31.9 Å². The number of carbonyl (C=O) groups excluding carboxylic acids is 8. The van der Waals surface area contributed by atoms with E-state index in [-0.39, 0.29) is 55.6 Å². The van der Waals surface area contributed by atoms with Crippen LogP contribution in [0.2, 0.25) is 0 Å². The number of H-pyrrole nitrogens is 1. The summed E-state index contributed by atoms with van der Waals surface area (Å²) in [6, 6.07) is 1.55. The molecule has 7 N–H and O–H groups in total. The lowest BCUT2D eigenvalue weighted by Gasteiger charge is -2.42. The minimum absolute atomic E-state index is 0.000472. The molecular weight excluding hydrogens is 1020 g/mol. The van der Waals surface area contributed by atoms with Crippen molar-refractivity contribution < 1.29 is 62.0 Å². The van der Waals surface area contributed by atoms with Crippen molar-refractivity contribution >= 4 is 70.2 Å². The molecule has 7 amide bonds. The Hall–Kier alpha value is -5.71. The summed E-state index contributed by atoms with van der Waals surface area (Å²) in [6.45, 7) is 16.8. The number of ether oxygens (including phenoxy) is 5. The van der Waals surface area contributed by atoms with Crippen molar-refractivity contribution in [3.63, 3.8) is 0 Å². The van der Waals surface area contributed by atoms with E-state index in [1.54, 1.807) is 13.3 Å². The number of hydrogen-bond acceptors (Lipinski definition) is 14. The number of esters is 1. The number of benzene rings is 1. The Morgan fingerprint density at radius 2 is 1.63 bits per heavy atom. The van der Waals surface area contributed by atoms with Crippen LogP contribution in [0.15, 0.2) is 42.1 Å². The minimum Gasteiger partial charge on any atom is -0.462 e. The summed E-state index contributed by atoms with van der Waals surface area (Å²) in [4.78, 5) is 113. The van der Waals surface area contributed by atoms with E-state index in [9.17, 15) is 38.4 Å². The number of thioether (sulfide) groups is 1. The van der Waals surface area contributed by atoms with Gasteiger partial charge in [-0.2, -0.15) is 11.8 Å². The van der Waals surface area contributed by atoms with Crippen molar-refractivity contribution in [1.82, 2.24) is 41.8 Å². The molecule has 1 aromatic carbocycles. The number of allylic oxidation sites excluding steroid dienone is 1. The topological polar surface area (TPSA) is 281 Å². The number of hydrogen-bond donors (Lipinski definition) is 7. The molecule has 3 saturated heterocycles. The van der Waals surface area contributed by atoms with Gasteiger partial charge >= 0.3 is 12.1 Å². The maximum atomic E-state index is 14.3. The molecule has 432 valence electrons. The van der Waals surface area contributed by atoms with Gasteiger partial charge in [-0.1, -0.05) is 57.5 Å². The van der Waals surface area contributed by atoms with E-state index in [0.717, 1.165) is 17.3 Å². The second-order valence-electron chi connectivity index (χ2n) is 22.5. The van der Waals surface area contributed by atoms with Crippen molar-refractivity contribution in [3.05, 3.63) is 47.7 Å². The van der Waals surface area contributed by atoms with Gasteiger partial charge in [0.15, 0.2) is 0 Å². The molecule has 2 aromatic rings. The highest BCUT2D eigenvalue weighted by Gasteiger charge is 2.72. The molecule has 1 spiro atoms. The molecule has 78 heavy (non-hydrogen) atoms. The van der Waals surface area contributed by atoms with Gasteiger partial charge in [-0.15, -0.1) is 0 Å². The van der Waals surface area contributed by atoms with Crippen molar-refractivity contribution in [1.29, 1.82) is 0 Å². The molecule has 1 saturated carbocycles. The van der Waals surface area contributed by atoms with Crippen LogP contribution in [0.1, 0.15) is 113 Å². The van der Waals surface area contributed by atoms with E-state index in [1.807, 2.05) is 72.1 Å². The van der Waals surface area contributed by atoms with Crippen LogP contribution in [0, 0.1) is 17.8 Å². The zero-order valence-corrected chi connectivity index (χ0v) is 48.1. The number of carbonyl (C=O) groups is 8. The highest BCUT2D eigenvalue weighted by molar-refractivity contribution is 7.98. The molecule has 4 fully saturated rings. The number of methoxy groups -OCH3 is 1. The number of nitrogens with zero attached hydrogens (tertiary/aromatic N) is 1. The quantitative estimate of drug-likeness (QED) is 0.0379. The van der Waals surface area contributed by atoms with E-state index in [1.165, 1.54) is 36.1 Å². The SMILES string of the molecule is CO[C@@H]1[C@H](OC(=O)NC(COC(=O)[C@H](C)NC(=O)[C@H](Cc2c[nH]c3ccccc23)NC(=O)[C@H](CCSC)NC(=O)CNC(=O)[C@H](CC(C)C)NC(=O)[C@@H]2CCCN2C(C)=O)C(C)C)CCC2(CO2)[C@H]1C1(C)OC1CC=C(C)C. The van der Waals surface area contributed by atoms with E-state index in [4.69, 9.17) is 23.7 Å². The first-order valence-electron chi connectivity index (χ1n) is 27.4. The monoisotopic (exact) mass is 1110 g/mol. The van der Waals surface area contributed by atoms with E-state index in [0.29, 0.717) is 50.2 Å². The number of rotatable bonds is 27. The number of likely N-dealkylation sites (tertiary alicyclic amines) is 1. The third-order valence-electron chi connectivity index (χ3n) is 15.4. The van der Waals surface area contributed by atoms with E-state index >= 15 is 0 Å². The largest absolute Gasteiger partial charge is 0.462 e. The lowest BCUT2D eigenvalue weighted by molar-refractivity contribution is -0.148. The summed E-state index contributed by atoms with van der Waals surface area (Å²) in [6.07, 6.45) is 7.49. The maximum absolute atomic E-state index is 14.3. The number of epoxide rings is 2. The Morgan fingerprint density at radius 3 is 2.28 bits per heavy atom. The average Bonchev–Trinajstić information content (AvgIpc) is 4.32. The van der Waals surface area contributed by atoms with Crippen LogP contribution in [-0.2, 0) is 63.7 Å². The fourth-order valence-corrected chi connectivity index (χ4v) is 11.4. The number of aromatic nitrogens is 1. The summed E-state index contributed by atoms with van der Waals surface area (Å²) in [7, 11) is 1.60. The number of amides is 7. The number of alkyl carbamates (subject to hydrolysis) is 1. The van der Waals surface area contributed by atoms with Gasteiger partial charge in [0.2, 0.25) is 35.4 Å². The summed E-state index contributed by atoms with van der Waals surface area (Å²) in [5, 5.41) is 17.3. The molecule has 4 aliphatic rings. The van der Waals surface area contributed by atoms with Crippen LogP contribution in [-0.4, -0.2) is 169 Å². The molecule has 4 unspecified atom stereocenters. The van der Waals surface area contributed by atoms with Gasteiger partial charge in [0, 0.05) is 44.1 Å². The second kappa shape index (κ2) is 27.4. The second-order valence-corrected chi connectivity index (χ2v) is 23.5. The lowest BCUT2D eigenvalue weighted by atomic mass is 9.68. The van der Waals surface area contributed by atoms with Crippen LogP contribution in [0.25, 0.3) is 10.9 Å². The Bertz CT molecular complexity index is 2490. The van der Waals surface area contributed by atoms with Gasteiger partial charge in [-0.25, -0.2) is 9.59 Å². The molecule has 6 rings (SSSR count). The molecule has 3 aliphatic heterocycles. The van der Waals surface area contributed by atoms with E-state index < -0.39 is 108 Å². The van der Waals surface area contributed by atoms with Crippen LogP contribution in [0.4, 0.5) is 4.79 Å². The summed E-state index contributed by atoms with van der Waals surface area (Å²) < 4.78 is 30.2. The molecule has 1 aromatic heterocycles. The predicted molar refractivity (Wildman–Crippen MR) is 294 cm³/mol. The van der Waals surface area contributed by atoms with Crippen LogP contribution >= 0.6 is 11.8 Å². The van der Waals surface area contributed by atoms with Gasteiger partial charge in [0.05, 0.1) is 31.2 Å². The third-order valence-corrected chi connectivity index (χ3v) is 16.1. The van der Waals surface area contributed by atoms with Crippen molar-refractivity contribution in [3.8, 4) is 0 Å². The van der Waals surface area contributed by atoms with Crippen LogP contribution in [0.5, 0.6) is 0 Å². The van der Waals surface area contributed by atoms with Gasteiger partial charge in [0.25, 0.3) is 0 Å². The molecule has 12 atom stereocenters. The van der Waals surface area contributed by atoms with Gasteiger partial charge in [0.1, 0.15) is 60.2 Å². The summed E-state index contributed by atoms with van der Waals surface area (Å²) >= 11 is 1.44. The molecule has 4 heterocycles. The predicted octanol–water partition coefficient (Wildman–Crippen LogP) is 3.97. The Morgan fingerprint density at radius 1 is 0.910 bits per heavy atom. The fourth-order valence-electron chi connectivity index (χ4n) is 10.9. The van der Waals surface area contributed by atoms with Crippen molar-refractivity contribution in [2.24, 2.45) is 17.8 Å². The van der Waals surface area contributed by atoms with Gasteiger partial charge in [-0.3, -0.25) is 28.8 Å². The number of fused-ring (bicyclic) bond motifs is 1. The highest BCUT2D eigenvalue weighted by atomic mass is 32.2. The number of para-hydroxylation sites is 1. The first-order valence-corrected chi connectivity index (χ1v) is 28.8. The third kappa shape index (κ3) is 16.0. The first-order chi connectivity index (χ1) is 37.0. The highest BCUT2D eigenvalue weighted by Crippen LogP contribution is 2.59. The summed E-state index contributed by atoms with van der Waals surface area (Å²) in [5.41, 5.74) is 1.80. The molecule has 0 bridgehead atoms. The fraction of sp³-hybridized carbons (Fsp3) is 0.679. The van der Waals surface area contributed by atoms with Crippen molar-refractivity contribution in [2.45, 2.75) is 179 Å². The molecule has 0 radical (unpaired) electrons. The normalized spacial score (nSPS) is 25.2. The Labute approximate surface area is 462 Å². The van der Waals surface area contributed by atoms with Crippen molar-refractivity contribution in [2.75, 3.05) is 45.4 Å². The van der Waals surface area contributed by atoms with Crippen LogP contribution in [0.3, 0.4) is 0 Å². The zero-order valence-electron chi connectivity index (χ0n) is 47.2. The first kappa shape index (κ1) is 61.5. The molecule has 21 nitrogen and oxygen atoms in total. The molecule has 22 heteroatoms. The standard InChI is InChI=1S/C56H84N8O13S/c1-31(2)18-19-45-55(9,77-45)48-47(73-10)44(20-22-56(48)30-75-56)76-54(72)63-42(33(5)6)29-74-53(71)34(7)59-51(69)41(26-36-27-57-38-16-13-12-15-37(36)38)61-50(68)39(21-24-78-11)60-46(66)28-58-49(67)40(25-32(3)4)62-52(70)43-17-14-23-64(43)35(8)65/h12-13,15-16,18,27,32-34,39-45,47-48,57H,14,17,19-26,28-30H2,1-11H3,(H,58,67)(H,59,69)(H,60,66)(H,61,68)(H,62,70)(H,63,72)/t34-,39-,40-,41-,42?,43-,44+,45?,47+,48+,55?,56?/m0/s1. The molecule has 1 aliphatic carbocycles. The number of aromatic amines is 1. The minimum atomic E-state index is -1.24. The zero-order chi connectivity index (χ0) is 57.1. The maximum Gasteiger partial charge on any atom is 0.407 e. The number of nitrogens with one attached hydrogen (secondary N) is 7. The average molecular weight is 1110 g/mol. The van der Waals surface area contributed by atoms with Gasteiger partial charge < -0.3 is 65.5 Å². The van der Waals surface area contributed by atoms with Gasteiger partial charge in [-0.05, 0) is 108 Å². The Kier molecular flexibility index (Phi) is 21.6. The smallest absolute Gasteiger partial charge is 0.407 e. The lowest BCUT2D eigenvalue weighted by Crippen LogP contribution is -2.57.